The lowest BCUT2D eigenvalue weighted by Crippen LogP contribution is -2.51. The molecule has 3 rings (SSSR count). The summed E-state index contributed by atoms with van der Waals surface area (Å²) in [5.74, 6) is -0.806. The molecule has 0 unspecified atom stereocenters. The second kappa shape index (κ2) is 7.97. The number of rotatable bonds is 5. The van der Waals surface area contributed by atoms with Crippen molar-refractivity contribution in [1.82, 2.24) is 9.62 Å². The molecule has 1 atom stereocenters. The smallest absolute Gasteiger partial charge is 0.243 e. The van der Waals surface area contributed by atoms with Crippen LogP contribution >= 0.6 is 0 Å². The molecule has 1 amide bonds. The van der Waals surface area contributed by atoms with E-state index >= 15 is 0 Å². The normalized spacial score (nSPS) is 18.4. The minimum Gasteiger partial charge on any atom is -0.351 e. The van der Waals surface area contributed by atoms with Crippen LogP contribution < -0.4 is 5.32 Å². The van der Waals surface area contributed by atoms with Crippen LogP contribution in [0.25, 0.3) is 0 Å². The third-order valence-electron chi connectivity index (χ3n) is 4.49. The molecule has 0 radical (unpaired) electrons. The Morgan fingerprint density at radius 2 is 1.77 bits per heavy atom. The summed E-state index contributed by atoms with van der Waals surface area (Å²) in [5, 5.41) is 2.83. The molecule has 2 aromatic rings. The Morgan fingerprint density at radius 3 is 2.46 bits per heavy atom. The van der Waals surface area contributed by atoms with Gasteiger partial charge in [0.15, 0.2) is 0 Å². The maximum atomic E-state index is 13.1. The standard InChI is InChI=1S/C19H21FN2O3S/c20-16-9-11-17(12-10-16)26(24,25)22-13-5-4-8-18(22)19(23)21-14-15-6-2-1-3-7-15/h1-3,6-7,9-12,18H,4-5,8,13-14H2,(H,21,23)/t18-/m1/s1. The highest BCUT2D eigenvalue weighted by atomic mass is 32.2. The van der Waals surface area contributed by atoms with Crippen molar-refractivity contribution in [3.05, 3.63) is 66.0 Å². The van der Waals surface area contributed by atoms with Crippen molar-refractivity contribution in [2.75, 3.05) is 6.54 Å². The van der Waals surface area contributed by atoms with Crippen LogP contribution in [-0.2, 0) is 21.4 Å². The van der Waals surface area contributed by atoms with Crippen LogP contribution in [0.4, 0.5) is 4.39 Å². The van der Waals surface area contributed by atoms with Gasteiger partial charge >= 0.3 is 0 Å². The molecule has 7 heteroatoms. The number of carbonyl (C=O) groups excluding carboxylic acids is 1. The highest BCUT2D eigenvalue weighted by Gasteiger charge is 2.37. The first-order valence-electron chi connectivity index (χ1n) is 8.57. The molecule has 1 heterocycles. The molecule has 2 aromatic carbocycles. The van der Waals surface area contributed by atoms with E-state index in [4.69, 9.17) is 0 Å². The van der Waals surface area contributed by atoms with E-state index in [1.807, 2.05) is 30.3 Å². The number of hydrogen-bond acceptors (Lipinski definition) is 3. The minimum absolute atomic E-state index is 0.00154. The Balaban J connectivity index is 1.76. The monoisotopic (exact) mass is 376 g/mol. The van der Waals surface area contributed by atoms with Crippen LogP contribution in [0.2, 0.25) is 0 Å². The maximum Gasteiger partial charge on any atom is 0.243 e. The molecule has 0 spiro atoms. The first-order valence-corrected chi connectivity index (χ1v) is 10.0. The average Bonchev–Trinajstić information content (AvgIpc) is 2.67. The lowest BCUT2D eigenvalue weighted by molar-refractivity contribution is -0.125. The number of amides is 1. The molecular formula is C19H21FN2O3S. The number of piperidine rings is 1. The van der Waals surface area contributed by atoms with Gasteiger partial charge in [-0.3, -0.25) is 4.79 Å². The fourth-order valence-corrected chi connectivity index (χ4v) is 4.76. The van der Waals surface area contributed by atoms with Gasteiger partial charge in [-0.2, -0.15) is 4.31 Å². The predicted octanol–water partition coefficient (Wildman–Crippen LogP) is 2.69. The number of hydrogen-bond donors (Lipinski definition) is 1. The molecule has 0 bridgehead atoms. The second-order valence-corrected chi connectivity index (χ2v) is 8.18. The van der Waals surface area contributed by atoms with E-state index in [-0.39, 0.29) is 17.3 Å². The van der Waals surface area contributed by atoms with E-state index in [1.54, 1.807) is 0 Å². The number of nitrogens with zero attached hydrogens (tertiary/aromatic N) is 1. The van der Waals surface area contributed by atoms with Crippen molar-refractivity contribution in [2.24, 2.45) is 0 Å². The van der Waals surface area contributed by atoms with Gasteiger partial charge in [-0.25, -0.2) is 12.8 Å². The van der Waals surface area contributed by atoms with E-state index in [0.717, 1.165) is 24.1 Å². The first-order chi connectivity index (χ1) is 12.5. The Morgan fingerprint density at radius 1 is 1.08 bits per heavy atom. The van der Waals surface area contributed by atoms with Gasteiger partial charge in [-0.1, -0.05) is 36.8 Å². The third-order valence-corrected chi connectivity index (χ3v) is 6.41. The molecule has 5 nitrogen and oxygen atoms in total. The summed E-state index contributed by atoms with van der Waals surface area (Å²) in [7, 11) is -3.85. The van der Waals surface area contributed by atoms with Crippen molar-refractivity contribution in [1.29, 1.82) is 0 Å². The lowest BCUT2D eigenvalue weighted by Gasteiger charge is -2.33. The van der Waals surface area contributed by atoms with Crippen LogP contribution in [0.5, 0.6) is 0 Å². The van der Waals surface area contributed by atoms with E-state index in [0.29, 0.717) is 19.4 Å². The van der Waals surface area contributed by atoms with Gasteiger partial charge in [0.25, 0.3) is 0 Å². The maximum absolute atomic E-state index is 13.1. The Bertz CT molecular complexity index is 854. The Labute approximate surface area is 152 Å². The van der Waals surface area contributed by atoms with Crippen molar-refractivity contribution in [2.45, 2.75) is 36.7 Å². The quantitative estimate of drug-likeness (QED) is 0.873. The van der Waals surface area contributed by atoms with Crippen LogP contribution in [0.1, 0.15) is 24.8 Å². The zero-order chi connectivity index (χ0) is 18.6. The summed E-state index contributed by atoms with van der Waals surface area (Å²) >= 11 is 0. The Hall–Kier alpha value is -2.25. The summed E-state index contributed by atoms with van der Waals surface area (Å²) in [6.45, 7) is 0.629. The molecule has 0 aliphatic carbocycles. The number of benzene rings is 2. The van der Waals surface area contributed by atoms with Gasteiger partial charge in [0.05, 0.1) is 4.90 Å². The van der Waals surface area contributed by atoms with Gasteiger partial charge in [0.1, 0.15) is 11.9 Å². The highest BCUT2D eigenvalue weighted by molar-refractivity contribution is 7.89. The summed E-state index contributed by atoms with van der Waals surface area (Å²) in [6.07, 6.45) is 1.96. The van der Waals surface area contributed by atoms with Crippen molar-refractivity contribution >= 4 is 15.9 Å². The highest BCUT2D eigenvalue weighted by Crippen LogP contribution is 2.25. The third kappa shape index (κ3) is 4.11. The van der Waals surface area contributed by atoms with E-state index < -0.39 is 21.9 Å². The molecule has 1 N–H and O–H groups in total. The van der Waals surface area contributed by atoms with Gasteiger partial charge in [0.2, 0.25) is 15.9 Å². The van der Waals surface area contributed by atoms with Crippen LogP contribution in [-0.4, -0.2) is 31.2 Å². The summed E-state index contributed by atoms with van der Waals surface area (Å²) in [4.78, 5) is 12.6. The summed E-state index contributed by atoms with van der Waals surface area (Å²) in [6, 6.07) is 13.4. The molecule has 1 saturated heterocycles. The molecule has 1 fully saturated rings. The fraction of sp³-hybridized carbons (Fsp3) is 0.316. The summed E-state index contributed by atoms with van der Waals surface area (Å²) < 4.78 is 40.2. The van der Waals surface area contributed by atoms with Crippen molar-refractivity contribution in [3.8, 4) is 0 Å². The SMILES string of the molecule is O=C(NCc1ccccc1)[C@H]1CCCCN1S(=O)(=O)c1ccc(F)cc1. The minimum atomic E-state index is -3.85. The molecule has 0 saturated carbocycles. The molecule has 1 aliphatic heterocycles. The number of halogens is 1. The molecular weight excluding hydrogens is 355 g/mol. The average molecular weight is 376 g/mol. The molecule has 138 valence electrons. The van der Waals surface area contributed by atoms with Gasteiger partial charge in [-0.05, 0) is 42.7 Å². The fourth-order valence-electron chi connectivity index (χ4n) is 3.10. The first kappa shape index (κ1) is 18.5. The molecule has 1 aliphatic rings. The van der Waals surface area contributed by atoms with Crippen LogP contribution in [0, 0.1) is 5.82 Å². The van der Waals surface area contributed by atoms with Gasteiger partial charge in [-0.15, -0.1) is 0 Å². The number of nitrogens with one attached hydrogen (secondary N) is 1. The van der Waals surface area contributed by atoms with Crippen molar-refractivity contribution in [3.63, 3.8) is 0 Å². The van der Waals surface area contributed by atoms with E-state index in [2.05, 4.69) is 5.32 Å². The zero-order valence-corrected chi connectivity index (χ0v) is 15.1. The van der Waals surface area contributed by atoms with Crippen molar-refractivity contribution < 1.29 is 17.6 Å². The number of sulfonamides is 1. The number of carbonyl (C=O) groups is 1. The Kier molecular flexibility index (Phi) is 5.68. The molecule has 0 aromatic heterocycles. The second-order valence-electron chi connectivity index (χ2n) is 6.28. The van der Waals surface area contributed by atoms with E-state index in [1.165, 1.54) is 16.4 Å². The zero-order valence-electron chi connectivity index (χ0n) is 14.3. The lowest BCUT2D eigenvalue weighted by atomic mass is 10.0. The largest absolute Gasteiger partial charge is 0.351 e. The van der Waals surface area contributed by atoms with Crippen LogP contribution in [0.15, 0.2) is 59.5 Å². The predicted molar refractivity (Wildman–Crippen MR) is 96.2 cm³/mol. The van der Waals surface area contributed by atoms with Gasteiger partial charge in [0, 0.05) is 13.1 Å². The molecule has 26 heavy (non-hydrogen) atoms. The summed E-state index contributed by atoms with van der Waals surface area (Å²) in [5.41, 5.74) is 0.949. The topological polar surface area (TPSA) is 66.5 Å². The van der Waals surface area contributed by atoms with Crippen LogP contribution in [0.3, 0.4) is 0 Å². The van der Waals surface area contributed by atoms with Gasteiger partial charge < -0.3 is 5.32 Å². The van der Waals surface area contributed by atoms with E-state index in [9.17, 15) is 17.6 Å².